The fourth-order valence-corrected chi connectivity index (χ4v) is 2.19. The smallest absolute Gasteiger partial charge is 0.422 e. The maximum atomic E-state index is 12.3. The normalized spacial score (nSPS) is 17.6. The van der Waals surface area contributed by atoms with Crippen molar-refractivity contribution >= 4 is 29.3 Å². The number of carbonyl (C=O) groups is 3. The van der Waals surface area contributed by atoms with Gasteiger partial charge in [-0.3, -0.25) is 25.1 Å². The monoisotopic (exact) mass is 350 g/mol. The maximum absolute atomic E-state index is 12.3. The Morgan fingerprint density at radius 3 is 2.40 bits per heavy atom. The van der Waals surface area contributed by atoms with Crippen LogP contribution in [0, 0.1) is 10.1 Å². The Labute approximate surface area is 143 Å². The van der Waals surface area contributed by atoms with Crippen LogP contribution in [0.4, 0.5) is 16.2 Å². The van der Waals surface area contributed by atoms with Crippen LogP contribution >= 0.6 is 0 Å². The second kappa shape index (κ2) is 6.85. The molecule has 2 N–H and O–H groups in total. The van der Waals surface area contributed by atoms with Gasteiger partial charge in [-0.25, -0.2) is 15.1 Å². The lowest BCUT2D eigenvalue weighted by Crippen LogP contribution is -2.49. The van der Waals surface area contributed by atoms with Gasteiger partial charge in [0.1, 0.15) is 11.6 Å². The molecule has 1 aromatic rings. The number of nitro benzene ring substituents is 1. The molecule has 2 rings (SSSR count). The molecule has 1 fully saturated rings. The molecule has 1 heterocycles. The molecule has 0 bridgehead atoms. The fraction of sp³-hybridized carbons (Fsp3) is 0.400. The number of hydrogen-bond acceptors (Lipinski definition) is 7. The average Bonchev–Trinajstić information content (AvgIpc) is 2.78. The van der Waals surface area contributed by atoms with Crippen LogP contribution in [0.2, 0.25) is 0 Å². The third kappa shape index (κ3) is 4.51. The third-order valence-electron chi connectivity index (χ3n) is 3.21. The molecule has 1 unspecified atom stereocenters. The van der Waals surface area contributed by atoms with E-state index in [1.54, 1.807) is 20.8 Å². The summed E-state index contributed by atoms with van der Waals surface area (Å²) in [5.41, 5.74) is 4.07. The number of carbonyl (C=O) groups excluding carboxylic acids is 3. The van der Waals surface area contributed by atoms with Crippen molar-refractivity contribution in [2.24, 2.45) is 0 Å². The lowest BCUT2D eigenvalue weighted by Gasteiger charge is -2.21. The van der Waals surface area contributed by atoms with Crippen molar-refractivity contribution in [1.82, 2.24) is 10.9 Å². The summed E-state index contributed by atoms with van der Waals surface area (Å²) in [6.07, 6.45) is -0.937. The summed E-state index contributed by atoms with van der Waals surface area (Å²) in [5, 5.41) is 10.7. The van der Waals surface area contributed by atoms with E-state index < -0.39 is 34.5 Å². The van der Waals surface area contributed by atoms with Gasteiger partial charge in [0.05, 0.1) is 17.0 Å². The molecule has 10 heteroatoms. The summed E-state index contributed by atoms with van der Waals surface area (Å²) in [4.78, 5) is 47.0. The number of nitro groups is 1. The van der Waals surface area contributed by atoms with E-state index in [0.717, 1.165) is 4.90 Å². The third-order valence-corrected chi connectivity index (χ3v) is 3.21. The topological polar surface area (TPSA) is 131 Å². The second-order valence-corrected chi connectivity index (χ2v) is 6.37. The van der Waals surface area contributed by atoms with Crippen LogP contribution in [0.3, 0.4) is 0 Å². The molecule has 25 heavy (non-hydrogen) atoms. The summed E-state index contributed by atoms with van der Waals surface area (Å²) in [5.74, 6) is -1.06. The van der Waals surface area contributed by atoms with Gasteiger partial charge < -0.3 is 4.74 Å². The lowest BCUT2D eigenvalue weighted by molar-refractivity contribution is -0.384. The average molecular weight is 350 g/mol. The zero-order valence-electron chi connectivity index (χ0n) is 13.9. The van der Waals surface area contributed by atoms with Crippen molar-refractivity contribution in [2.45, 2.75) is 38.8 Å². The molecule has 1 saturated heterocycles. The standard InChI is InChI=1S/C15H18N4O6/c1-15(2,3)25-14(22)17-16-11-8-12(20)18(13(11)21)9-4-6-10(7-5-9)19(23)24/h4-7,11,16H,8H2,1-3H3,(H,17,22). The van der Waals surface area contributed by atoms with Crippen LogP contribution in [0.15, 0.2) is 24.3 Å². The van der Waals surface area contributed by atoms with Gasteiger partial charge in [0, 0.05) is 12.1 Å². The van der Waals surface area contributed by atoms with Crippen molar-refractivity contribution in [3.8, 4) is 0 Å². The zero-order valence-corrected chi connectivity index (χ0v) is 13.9. The van der Waals surface area contributed by atoms with Crippen molar-refractivity contribution in [2.75, 3.05) is 4.90 Å². The van der Waals surface area contributed by atoms with Crippen LogP contribution in [0.5, 0.6) is 0 Å². The predicted molar refractivity (Wildman–Crippen MR) is 86.5 cm³/mol. The highest BCUT2D eigenvalue weighted by Crippen LogP contribution is 2.25. The highest BCUT2D eigenvalue weighted by atomic mass is 16.6. The minimum Gasteiger partial charge on any atom is -0.443 e. The summed E-state index contributed by atoms with van der Waals surface area (Å²) < 4.78 is 5.02. The first-order chi connectivity index (χ1) is 11.6. The molecule has 1 aromatic carbocycles. The van der Waals surface area contributed by atoms with Crippen LogP contribution in [0.1, 0.15) is 27.2 Å². The Balaban J connectivity index is 2.02. The van der Waals surface area contributed by atoms with Gasteiger partial charge in [-0.05, 0) is 32.9 Å². The summed E-state index contributed by atoms with van der Waals surface area (Å²) in [7, 11) is 0. The number of rotatable bonds is 4. The molecule has 0 aliphatic carbocycles. The number of benzene rings is 1. The SMILES string of the molecule is CC(C)(C)OC(=O)NNC1CC(=O)N(c2ccc([N+](=O)[O-])cc2)C1=O. The summed E-state index contributed by atoms with van der Waals surface area (Å²) in [6, 6.07) is 4.09. The first kappa shape index (κ1) is 18.3. The zero-order chi connectivity index (χ0) is 18.8. The highest BCUT2D eigenvalue weighted by molar-refractivity contribution is 6.22. The number of anilines is 1. The highest BCUT2D eigenvalue weighted by Gasteiger charge is 2.40. The number of hydrogen-bond donors (Lipinski definition) is 2. The molecule has 0 spiro atoms. The first-order valence-electron chi connectivity index (χ1n) is 7.44. The van der Waals surface area contributed by atoms with Gasteiger partial charge in [-0.15, -0.1) is 0 Å². The molecule has 0 aromatic heterocycles. The number of amides is 3. The molecule has 134 valence electrons. The van der Waals surface area contributed by atoms with E-state index in [1.165, 1.54) is 24.3 Å². The Hall–Kier alpha value is -3.01. The first-order valence-corrected chi connectivity index (χ1v) is 7.44. The molecule has 0 radical (unpaired) electrons. The van der Waals surface area contributed by atoms with Crippen LogP contribution in [-0.4, -0.2) is 34.5 Å². The van der Waals surface area contributed by atoms with E-state index in [-0.39, 0.29) is 17.8 Å². The molecule has 1 atom stereocenters. The van der Waals surface area contributed by atoms with Crippen LogP contribution < -0.4 is 15.8 Å². The maximum Gasteiger partial charge on any atom is 0.422 e. The van der Waals surface area contributed by atoms with Crippen molar-refractivity contribution in [1.29, 1.82) is 0 Å². The van der Waals surface area contributed by atoms with E-state index in [4.69, 9.17) is 4.74 Å². The van der Waals surface area contributed by atoms with E-state index >= 15 is 0 Å². The Morgan fingerprint density at radius 2 is 1.88 bits per heavy atom. The number of nitrogens with zero attached hydrogens (tertiary/aromatic N) is 2. The Bertz CT molecular complexity index is 710. The largest absolute Gasteiger partial charge is 0.443 e. The van der Waals surface area contributed by atoms with Crippen LogP contribution in [-0.2, 0) is 14.3 Å². The summed E-state index contributed by atoms with van der Waals surface area (Å²) >= 11 is 0. The fourth-order valence-electron chi connectivity index (χ4n) is 2.19. The van der Waals surface area contributed by atoms with Crippen LogP contribution in [0.25, 0.3) is 0 Å². The second-order valence-electron chi connectivity index (χ2n) is 6.37. The minimum atomic E-state index is -0.949. The quantitative estimate of drug-likeness (QED) is 0.475. The van der Waals surface area contributed by atoms with Gasteiger partial charge in [0.2, 0.25) is 5.91 Å². The Kier molecular flexibility index (Phi) is 5.02. The van der Waals surface area contributed by atoms with E-state index in [9.17, 15) is 24.5 Å². The molecule has 10 nitrogen and oxygen atoms in total. The number of hydrazine groups is 1. The minimum absolute atomic E-state index is 0.149. The van der Waals surface area contributed by atoms with Crippen molar-refractivity contribution in [3.05, 3.63) is 34.4 Å². The molecule has 3 amide bonds. The number of non-ortho nitro benzene ring substituents is 1. The lowest BCUT2D eigenvalue weighted by atomic mass is 10.2. The molecular weight excluding hydrogens is 332 g/mol. The molecular formula is C15H18N4O6. The van der Waals surface area contributed by atoms with Gasteiger partial charge >= 0.3 is 6.09 Å². The van der Waals surface area contributed by atoms with E-state index in [1.807, 2.05) is 0 Å². The van der Waals surface area contributed by atoms with Gasteiger partial charge in [0.25, 0.3) is 11.6 Å². The van der Waals surface area contributed by atoms with E-state index in [0.29, 0.717) is 0 Å². The molecule has 0 saturated carbocycles. The predicted octanol–water partition coefficient (Wildman–Crippen LogP) is 1.26. The van der Waals surface area contributed by atoms with E-state index in [2.05, 4.69) is 10.9 Å². The number of nitrogens with one attached hydrogen (secondary N) is 2. The number of ether oxygens (including phenoxy) is 1. The van der Waals surface area contributed by atoms with Crippen molar-refractivity contribution < 1.29 is 24.0 Å². The molecule has 1 aliphatic rings. The number of imide groups is 1. The summed E-state index contributed by atoms with van der Waals surface area (Å²) in [6.45, 7) is 5.06. The van der Waals surface area contributed by atoms with Crippen molar-refractivity contribution in [3.63, 3.8) is 0 Å². The molecule has 1 aliphatic heterocycles. The van der Waals surface area contributed by atoms with Gasteiger partial charge in [0.15, 0.2) is 0 Å². The van der Waals surface area contributed by atoms with Gasteiger partial charge in [-0.2, -0.15) is 0 Å². The Morgan fingerprint density at radius 1 is 1.28 bits per heavy atom. The van der Waals surface area contributed by atoms with Gasteiger partial charge in [-0.1, -0.05) is 0 Å².